The Labute approximate surface area is 192 Å². The van der Waals surface area contributed by atoms with Crippen LogP contribution < -0.4 is 0 Å². The fraction of sp³-hybridized carbons (Fsp3) is 0.560. The quantitative estimate of drug-likeness (QED) is 0.698. The average Bonchev–Trinajstić information content (AvgIpc) is 3.51. The summed E-state index contributed by atoms with van der Waals surface area (Å²) in [6.45, 7) is 3.55. The number of carbonyl (C=O) groups is 3. The van der Waals surface area contributed by atoms with E-state index < -0.39 is 6.10 Å². The first-order valence-corrected chi connectivity index (χ1v) is 11.8. The SMILES string of the molecule is Cc1c([C@@H](O)CN2C3CC[C@@H]2CC2(CCN(C4=CC(=O)OC4)C2=O)C3)ccc2c1COC2=O. The van der Waals surface area contributed by atoms with Crippen molar-refractivity contribution in [3.63, 3.8) is 0 Å². The van der Waals surface area contributed by atoms with Gasteiger partial charge >= 0.3 is 11.9 Å². The largest absolute Gasteiger partial charge is 0.457 e. The van der Waals surface area contributed by atoms with Crippen LogP contribution in [0.5, 0.6) is 0 Å². The molecule has 2 unspecified atom stereocenters. The van der Waals surface area contributed by atoms with Crippen LogP contribution in [0.2, 0.25) is 0 Å². The molecule has 0 saturated carbocycles. The van der Waals surface area contributed by atoms with Gasteiger partial charge in [-0.05, 0) is 56.2 Å². The second-order valence-corrected chi connectivity index (χ2v) is 10.1. The highest BCUT2D eigenvalue weighted by molar-refractivity contribution is 5.94. The lowest BCUT2D eigenvalue weighted by atomic mass is 9.73. The van der Waals surface area contributed by atoms with Crippen molar-refractivity contribution in [3.05, 3.63) is 46.2 Å². The Hall–Kier alpha value is -2.71. The normalized spacial score (nSPS) is 31.8. The van der Waals surface area contributed by atoms with Gasteiger partial charge in [-0.25, -0.2) is 9.59 Å². The summed E-state index contributed by atoms with van der Waals surface area (Å²) >= 11 is 0. The number of esters is 2. The molecule has 1 aromatic carbocycles. The van der Waals surface area contributed by atoms with E-state index in [2.05, 4.69) is 4.90 Å². The summed E-state index contributed by atoms with van der Waals surface area (Å²) in [6.07, 6.45) is 5.22. The molecule has 1 amide bonds. The van der Waals surface area contributed by atoms with Gasteiger partial charge < -0.3 is 19.5 Å². The van der Waals surface area contributed by atoms with Gasteiger partial charge in [0.05, 0.1) is 22.8 Å². The van der Waals surface area contributed by atoms with Gasteiger partial charge in [-0.2, -0.15) is 0 Å². The molecule has 1 N–H and O–H groups in total. The first kappa shape index (κ1) is 20.9. The van der Waals surface area contributed by atoms with Gasteiger partial charge in [0, 0.05) is 36.8 Å². The summed E-state index contributed by atoms with van der Waals surface area (Å²) < 4.78 is 10.2. The molecule has 3 saturated heterocycles. The molecule has 33 heavy (non-hydrogen) atoms. The van der Waals surface area contributed by atoms with Crippen molar-refractivity contribution in [1.82, 2.24) is 9.80 Å². The summed E-state index contributed by atoms with van der Waals surface area (Å²) in [5.74, 6) is -0.545. The second kappa shape index (κ2) is 7.40. The molecule has 4 atom stereocenters. The minimum Gasteiger partial charge on any atom is -0.457 e. The Morgan fingerprint density at radius 2 is 1.88 bits per heavy atom. The van der Waals surface area contributed by atoms with Crippen LogP contribution in [-0.2, 0) is 25.7 Å². The molecular formula is C25H28N2O6. The first-order chi connectivity index (χ1) is 15.9. The predicted molar refractivity (Wildman–Crippen MR) is 116 cm³/mol. The molecule has 8 nitrogen and oxygen atoms in total. The van der Waals surface area contributed by atoms with Crippen LogP contribution >= 0.6 is 0 Å². The molecule has 0 aromatic heterocycles. The van der Waals surface area contributed by atoms with Crippen LogP contribution in [0.3, 0.4) is 0 Å². The standard InChI is InChI=1S/C25H28N2O6/c1-14-18(4-5-19-20(14)13-33-23(19)30)21(28)11-27-15-2-3-16(27)10-25(9-15)6-7-26(24(25)31)17-8-22(29)32-12-17/h4-5,8,15-16,21,28H,2-3,6-7,9-13H2,1H3/t15-,16?,21+,25?/m1/s1. The molecule has 5 aliphatic rings. The van der Waals surface area contributed by atoms with E-state index in [1.807, 2.05) is 13.0 Å². The van der Waals surface area contributed by atoms with Crippen molar-refractivity contribution in [1.29, 1.82) is 0 Å². The number of likely N-dealkylation sites (tertiary alicyclic amines) is 1. The number of hydrogen-bond donors (Lipinski definition) is 1. The predicted octanol–water partition coefficient (Wildman–Crippen LogP) is 1.99. The minimum atomic E-state index is -0.661. The lowest BCUT2D eigenvalue weighted by Gasteiger charge is -2.44. The summed E-state index contributed by atoms with van der Waals surface area (Å²) in [6, 6.07) is 4.12. The van der Waals surface area contributed by atoms with Crippen molar-refractivity contribution in [2.75, 3.05) is 19.7 Å². The summed E-state index contributed by atoms with van der Waals surface area (Å²) in [7, 11) is 0. The van der Waals surface area contributed by atoms with E-state index >= 15 is 0 Å². The molecule has 0 radical (unpaired) electrons. The Morgan fingerprint density at radius 1 is 1.12 bits per heavy atom. The first-order valence-electron chi connectivity index (χ1n) is 11.8. The third kappa shape index (κ3) is 3.14. The van der Waals surface area contributed by atoms with Crippen LogP contribution in [0.15, 0.2) is 23.9 Å². The molecule has 174 valence electrons. The van der Waals surface area contributed by atoms with Crippen LogP contribution in [-0.4, -0.2) is 64.5 Å². The summed E-state index contributed by atoms with van der Waals surface area (Å²) in [4.78, 5) is 40.9. The van der Waals surface area contributed by atoms with Gasteiger partial charge in [-0.3, -0.25) is 9.69 Å². The van der Waals surface area contributed by atoms with Gasteiger partial charge in [-0.15, -0.1) is 0 Å². The smallest absolute Gasteiger partial charge is 0.338 e. The molecule has 3 fully saturated rings. The number of cyclic esters (lactones) is 2. The molecule has 5 aliphatic heterocycles. The molecule has 5 heterocycles. The number of benzene rings is 1. The summed E-state index contributed by atoms with van der Waals surface area (Å²) in [5.41, 5.74) is 3.54. The third-order valence-electron chi connectivity index (χ3n) is 8.48. The van der Waals surface area contributed by atoms with Crippen molar-refractivity contribution in [3.8, 4) is 0 Å². The molecule has 1 spiro atoms. The van der Waals surface area contributed by atoms with Crippen molar-refractivity contribution in [2.45, 2.75) is 63.8 Å². The zero-order valence-electron chi connectivity index (χ0n) is 18.7. The highest BCUT2D eigenvalue weighted by Crippen LogP contribution is 2.52. The van der Waals surface area contributed by atoms with Gasteiger partial charge in [-0.1, -0.05) is 6.07 Å². The third-order valence-corrected chi connectivity index (χ3v) is 8.48. The lowest BCUT2D eigenvalue weighted by Crippen LogP contribution is -2.51. The monoisotopic (exact) mass is 452 g/mol. The van der Waals surface area contributed by atoms with E-state index in [1.165, 1.54) is 6.08 Å². The molecular weight excluding hydrogens is 424 g/mol. The number of hydrogen-bond acceptors (Lipinski definition) is 7. The maximum absolute atomic E-state index is 13.4. The number of amides is 1. The van der Waals surface area contributed by atoms with Gasteiger partial charge in [0.2, 0.25) is 5.91 Å². The van der Waals surface area contributed by atoms with Gasteiger partial charge in [0.1, 0.15) is 13.2 Å². The van der Waals surface area contributed by atoms with Crippen molar-refractivity contribution in [2.24, 2.45) is 5.41 Å². The van der Waals surface area contributed by atoms with E-state index in [9.17, 15) is 19.5 Å². The number of aliphatic hydroxyl groups is 1. The number of carbonyl (C=O) groups excluding carboxylic acids is 3. The van der Waals surface area contributed by atoms with Gasteiger partial charge in [0.25, 0.3) is 0 Å². The number of aliphatic hydroxyl groups excluding tert-OH is 1. The van der Waals surface area contributed by atoms with E-state index in [-0.39, 0.29) is 48.6 Å². The highest BCUT2D eigenvalue weighted by Gasteiger charge is 2.56. The molecule has 0 aliphatic carbocycles. The number of ether oxygens (including phenoxy) is 2. The molecule has 1 aromatic rings. The maximum Gasteiger partial charge on any atom is 0.338 e. The van der Waals surface area contributed by atoms with Crippen LogP contribution in [0.1, 0.15) is 65.3 Å². The van der Waals surface area contributed by atoms with Gasteiger partial charge in [0.15, 0.2) is 0 Å². The second-order valence-electron chi connectivity index (χ2n) is 10.1. The zero-order valence-corrected chi connectivity index (χ0v) is 18.7. The Kier molecular flexibility index (Phi) is 4.68. The maximum atomic E-state index is 13.4. The molecule has 6 rings (SSSR count). The van der Waals surface area contributed by atoms with Crippen LogP contribution in [0.4, 0.5) is 0 Å². The van der Waals surface area contributed by atoms with E-state index in [0.29, 0.717) is 24.4 Å². The van der Waals surface area contributed by atoms with Crippen LogP contribution in [0.25, 0.3) is 0 Å². The molecule has 2 bridgehead atoms. The Bertz CT molecular complexity index is 1080. The van der Waals surface area contributed by atoms with Crippen molar-refractivity contribution < 1.29 is 29.0 Å². The number of nitrogens with zero attached hydrogens (tertiary/aromatic N) is 2. The molecule has 8 heteroatoms. The van der Waals surface area contributed by atoms with E-state index in [4.69, 9.17) is 9.47 Å². The Morgan fingerprint density at radius 3 is 2.58 bits per heavy atom. The number of piperidine rings is 1. The number of fused-ring (bicyclic) bond motifs is 3. The minimum absolute atomic E-state index is 0.128. The zero-order chi connectivity index (χ0) is 22.9. The lowest BCUT2D eigenvalue weighted by molar-refractivity contribution is -0.140. The fourth-order valence-electron chi connectivity index (χ4n) is 6.76. The van der Waals surface area contributed by atoms with Crippen molar-refractivity contribution >= 4 is 17.8 Å². The highest BCUT2D eigenvalue weighted by atomic mass is 16.5. The average molecular weight is 453 g/mol. The van der Waals surface area contributed by atoms with Crippen LogP contribution in [0, 0.1) is 12.3 Å². The van der Waals surface area contributed by atoms with E-state index in [1.54, 1.807) is 11.0 Å². The fourth-order valence-corrected chi connectivity index (χ4v) is 6.76. The Balaban J connectivity index is 1.18. The van der Waals surface area contributed by atoms with E-state index in [0.717, 1.165) is 48.8 Å². The number of rotatable bonds is 4. The topological polar surface area (TPSA) is 96.4 Å². The summed E-state index contributed by atoms with van der Waals surface area (Å²) in [5, 5.41) is 11.1.